The van der Waals surface area contributed by atoms with Crippen LogP contribution in [-0.4, -0.2) is 10.0 Å². The molecule has 0 radical (unpaired) electrons. The summed E-state index contributed by atoms with van der Waals surface area (Å²) in [7, 11) is 0. The molecule has 0 heterocycles. The zero-order valence-electron chi connectivity index (χ0n) is 10.3. The Morgan fingerprint density at radius 3 is 1.59 bits per heavy atom. The van der Waals surface area contributed by atoms with Crippen molar-refractivity contribution in [1.82, 2.24) is 0 Å². The Balaban J connectivity index is 0.000000224. The van der Waals surface area contributed by atoms with E-state index in [0.29, 0.717) is 0 Å². The fourth-order valence-corrected chi connectivity index (χ4v) is 2.53. The summed E-state index contributed by atoms with van der Waals surface area (Å²) in [6.07, 6.45) is 0. The largest absolute Gasteiger partial charge is 0.505 e. The molecule has 0 fully saturated rings. The van der Waals surface area contributed by atoms with E-state index in [9.17, 15) is 15.2 Å². The van der Waals surface area contributed by atoms with Gasteiger partial charge < -0.3 is 5.11 Å². The van der Waals surface area contributed by atoms with Crippen molar-refractivity contribution in [2.45, 2.75) is 0 Å². The van der Waals surface area contributed by atoms with E-state index >= 15 is 0 Å². The average molecular weight is 424 g/mol. The Hall–Kier alpha value is -0.620. The summed E-state index contributed by atoms with van der Waals surface area (Å²) < 4.78 is 0. The smallest absolute Gasteiger partial charge is 0.287 e. The topological polar surface area (TPSA) is 63.4 Å². The van der Waals surface area contributed by atoms with Crippen LogP contribution in [0.2, 0.25) is 30.1 Å². The molecule has 0 saturated heterocycles. The molecule has 0 unspecified atom stereocenters. The molecule has 2 rings (SSSR count). The molecule has 0 aliphatic rings. The molecule has 0 aromatic heterocycles. The van der Waals surface area contributed by atoms with Crippen molar-refractivity contribution >= 4 is 75.3 Å². The minimum atomic E-state index is -0.512. The molecule has 22 heavy (non-hydrogen) atoms. The molecular weight excluding hydrogens is 419 g/mol. The van der Waals surface area contributed by atoms with Gasteiger partial charge >= 0.3 is 0 Å². The molecule has 118 valence electrons. The number of hydrogen-bond acceptors (Lipinski definition) is 3. The highest BCUT2D eigenvalue weighted by Gasteiger charge is 2.18. The second-order valence-electron chi connectivity index (χ2n) is 3.63. The van der Waals surface area contributed by atoms with Crippen molar-refractivity contribution in [3.05, 3.63) is 64.5 Å². The first-order valence-corrected chi connectivity index (χ1v) is 7.54. The lowest BCUT2D eigenvalue weighted by molar-refractivity contribution is -0.384. The summed E-state index contributed by atoms with van der Waals surface area (Å²) in [6.45, 7) is 0. The van der Waals surface area contributed by atoms with E-state index in [0.717, 1.165) is 0 Å². The number of halogens is 6. The van der Waals surface area contributed by atoms with E-state index < -0.39 is 4.92 Å². The average Bonchev–Trinajstić information content (AvgIpc) is 2.50. The first-order chi connectivity index (χ1) is 10.2. The lowest BCUT2D eigenvalue weighted by Crippen LogP contribution is -1.87. The minimum Gasteiger partial charge on any atom is -0.505 e. The summed E-state index contributed by atoms with van der Waals surface area (Å²) >= 11 is 33.4. The maximum Gasteiger partial charge on any atom is 0.287 e. The molecule has 4 nitrogen and oxygen atoms in total. The van der Waals surface area contributed by atoms with Crippen molar-refractivity contribution in [1.29, 1.82) is 0 Å². The highest BCUT2D eigenvalue weighted by molar-refractivity contribution is 6.55. The number of nitrogens with zero attached hydrogens (tertiary/aromatic N) is 1. The van der Waals surface area contributed by atoms with Crippen LogP contribution in [0.15, 0.2) is 24.3 Å². The molecule has 0 spiro atoms. The summed E-state index contributed by atoms with van der Waals surface area (Å²) in [4.78, 5) is 9.63. The van der Waals surface area contributed by atoms with Gasteiger partial charge in [-0.2, -0.15) is 0 Å². The predicted octanol–water partition coefficient (Wildman–Crippen LogP) is 6.91. The molecule has 0 amide bonds. The van der Waals surface area contributed by atoms with Gasteiger partial charge in [0.05, 0.1) is 20.0 Å². The molecule has 0 aliphatic carbocycles. The molecule has 0 aliphatic heterocycles. The number of para-hydroxylation sites is 1. The molecule has 2 aromatic rings. The van der Waals surface area contributed by atoms with Gasteiger partial charge in [-0.05, 0) is 6.07 Å². The van der Waals surface area contributed by atoms with Gasteiger partial charge in [0.2, 0.25) is 0 Å². The molecule has 10 heteroatoms. The van der Waals surface area contributed by atoms with Gasteiger partial charge in [0.15, 0.2) is 5.75 Å². The maximum atomic E-state index is 10.1. The van der Waals surface area contributed by atoms with Crippen LogP contribution in [0.25, 0.3) is 0 Å². The number of benzene rings is 2. The number of nitro benzene ring substituents is 1. The second kappa shape index (κ2) is 8.29. The molecule has 0 atom stereocenters. The summed E-state index contributed by atoms with van der Waals surface area (Å²) in [5.41, 5.74) is -0.0517. The Morgan fingerprint density at radius 2 is 1.23 bits per heavy atom. The SMILES string of the molecule is O=[N+]([O-])c1ccccc1Cl.Oc1c(Cl)c(Cl)c(Cl)c(Cl)c1Cl. The number of phenolic OH excluding ortho intramolecular Hbond substituents is 1. The van der Waals surface area contributed by atoms with E-state index in [1.807, 2.05) is 0 Å². The third kappa shape index (κ3) is 4.44. The molecular formula is C12H5Cl6NO3. The van der Waals surface area contributed by atoms with E-state index in [-0.39, 0.29) is 41.6 Å². The standard InChI is InChI=1S/C6HCl5O.C6H4ClNO2/c7-1-2(8)4(10)6(12)5(11)3(1)9;7-5-3-1-2-4-6(5)8(9)10/h12H;1-4H. The number of rotatable bonds is 1. The number of phenols is 1. The van der Waals surface area contributed by atoms with Crippen LogP contribution in [0, 0.1) is 10.1 Å². The van der Waals surface area contributed by atoms with Crippen molar-refractivity contribution in [3.63, 3.8) is 0 Å². The molecule has 0 bridgehead atoms. The highest BCUT2D eigenvalue weighted by atomic mass is 35.5. The van der Waals surface area contributed by atoms with Crippen molar-refractivity contribution in [3.8, 4) is 5.75 Å². The van der Waals surface area contributed by atoms with Crippen LogP contribution in [0.1, 0.15) is 0 Å². The van der Waals surface area contributed by atoms with Crippen LogP contribution in [-0.2, 0) is 0 Å². The van der Waals surface area contributed by atoms with Crippen molar-refractivity contribution in [2.24, 2.45) is 0 Å². The van der Waals surface area contributed by atoms with Gasteiger partial charge in [0.25, 0.3) is 5.69 Å². The highest BCUT2D eigenvalue weighted by Crippen LogP contribution is 2.47. The number of aromatic hydroxyl groups is 1. The molecule has 0 saturated carbocycles. The van der Waals surface area contributed by atoms with Crippen molar-refractivity contribution in [2.75, 3.05) is 0 Å². The molecule has 2 aromatic carbocycles. The first kappa shape index (κ1) is 19.4. The summed E-state index contributed by atoms with van der Waals surface area (Å²) in [6, 6.07) is 6.07. The summed E-state index contributed by atoms with van der Waals surface area (Å²) in [5.74, 6) is -0.363. The maximum absolute atomic E-state index is 10.1. The Bertz CT molecular complexity index is 617. The van der Waals surface area contributed by atoms with Gasteiger partial charge in [-0.15, -0.1) is 0 Å². The zero-order chi connectivity index (χ0) is 17.0. The van der Waals surface area contributed by atoms with E-state index in [1.54, 1.807) is 12.1 Å². The Kier molecular flexibility index (Phi) is 7.32. The van der Waals surface area contributed by atoms with Gasteiger partial charge in [-0.3, -0.25) is 10.1 Å². The predicted molar refractivity (Wildman–Crippen MR) is 91.3 cm³/mol. The fraction of sp³-hybridized carbons (Fsp3) is 0. The van der Waals surface area contributed by atoms with Crippen LogP contribution in [0.5, 0.6) is 5.75 Å². The van der Waals surface area contributed by atoms with E-state index in [1.165, 1.54) is 12.1 Å². The molecule has 1 N–H and O–H groups in total. The van der Waals surface area contributed by atoms with Gasteiger partial charge in [0.1, 0.15) is 15.1 Å². The van der Waals surface area contributed by atoms with Crippen LogP contribution in [0.4, 0.5) is 5.69 Å². The minimum absolute atomic E-state index is 0.00904. The zero-order valence-corrected chi connectivity index (χ0v) is 14.8. The third-order valence-corrected chi connectivity index (χ3v) is 4.81. The Labute approximate surface area is 155 Å². The Morgan fingerprint density at radius 1 is 0.818 bits per heavy atom. The van der Waals surface area contributed by atoms with Gasteiger partial charge in [-0.1, -0.05) is 81.7 Å². The van der Waals surface area contributed by atoms with E-state index in [4.69, 9.17) is 69.6 Å². The number of hydrogen-bond donors (Lipinski definition) is 1. The van der Waals surface area contributed by atoms with Crippen LogP contribution in [0.3, 0.4) is 0 Å². The van der Waals surface area contributed by atoms with Gasteiger partial charge in [0, 0.05) is 6.07 Å². The quantitative estimate of drug-likeness (QED) is 0.234. The van der Waals surface area contributed by atoms with Crippen molar-refractivity contribution < 1.29 is 10.0 Å². The van der Waals surface area contributed by atoms with Crippen LogP contribution >= 0.6 is 69.6 Å². The van der Waals surface area contributed by atoms with E-state index in [2.05, 4.69) is 0 Å². The van der Waals surface area contributed by atoms with Gasteiger partial charge in [-0.25, -0.2) is 0 Å². The fourth-order valence-electron chi connectivity index (χ4n) is 1.19. The second-order valence-corrected chi connectivity index (χ2v) is 5.92. The monoisotopic (exact) mass is 421 g/mol. The normalized spacial score (nSPS) is 9.91. The lowest BCUT2D eigenvalue weighted by Gasteiger charge is -2.06. The summed E-state index contributed by atoms with van der Waals surface area (Å²) in [5, 5.41) is 19.3. The first-order valence-electron chi connectivity index (χ1n) is 5.27. The number of nitro groups is 1. The van der Waals surface area contributed by atoms with Crippen LogP contribution < -0.4 is 0 Å². The third-order valence-electron chi connectivity index (χ3n) is 2.24. The lowest BCUT2D eigenvalue weighted by atomic mass is 10.3.